The summed E-state index contributed by atoms with van der Waals surface area (Å²) in [6.07, 6.45) is 9.84. The number of aldehydes is 1. The number of nitrogens with one attached hydrogen (secondary N) is 4. The van der Waals surface area contributed by atoms with E-state index in [0.717, 1.165) is 42.4 Å². The first-order valence-electron chi connectivity index (χ1n) is 16.3. The van der Waals surface area contributed by atoms with Crippen LogP contribution in [-0.2, 0) is 32.0 Å². The Hall–Kier alpha value is -2.94. The van der Waals surface area contributed by atoms with Crippen LogP contribution in [0.3, 0.4) is 0 Å². The van der Waals surface area contributed by atoms with Crippen LogP contribution in [0.5, 0.6) is 0 Å². The van der Waals surface area contributed by atoms with Crippen molar-refractivity contribution in [3.8, 4) is 0 Å². The molecule has 1 aromatic carbocycles. The number of amides is 3. The molecule has 0 radical (unpaired) electrons. The summed E-state index contributed by atoms with van der Waals surface area (Å²) in [5.74, 6) is 0.500. The number of carbonyl (C=O) groups is 4. The monoisotopic (exact) mass is 603 g/mol. The van der Waals surface area contributed by atoms with Gasteiger partial charge in [-0.15, -0.1) is 0 Å². The average molecular weight is 604 g/mol. The normalized spacial score (nSPS) is 18.8. The predicted octanol–water partition coefficient (Wildman–Crippen LogP) is 4.73. The molecule has 3 amide bonds. The molecule has 0 aromatic heterocycles. The molecule has 246 valence electrons. The molecule has 2 aliphatic carbocycles. The van der Waals surface area contributed by atoms with Crippen LogP contribution in [0.4, 0.5) is 5.69 Å². The minimum Gasteiger partial charge on any atom is -0.388 e. The van der Waals surface area contributed by atoms with E-state index in [4.69, 9.17) is 0 Å². The molecule has 1 fully saturated rings. The van der Waals surface area contributed by atoms with E-state index in [1.54, 1.807) is 11.9 Å². The second-order valence-corrected chi connectivity index (χ2v) is 11.2. The highest BCUT2D eigenvalue weighted by atomic mass is 16.2. The lowest BCUT2D eigenvalue weighted by atomic mass is 9.90. The van der Waals surface area contributed by atoms with Crippen molar-refractivity contribution in [2.75, 3.05) is 33.0 Å². The Morgan fingerprint density at radius 1 is 0.953 bits per heavy atom. The van der Waals surface area contributed by atoms with Crippen LogP contribution in [0.2, 0.25) is 0 Å². The number of hydrogen-bond acceptors (Lipinski definition) is 6. The average Bonchev–Trinajstić information content (AvgIpc) is 3.21. The number of hydrogen-bond donors (Lipinski definition) is 4. The first-order valence-corrected chi connectivity index (χ1v) is 16.3. The van der Waals surface area contributed by atoms with E-state index in [2.05, 4.69) is 41.2 Å². The largest absolute Gasteiger partial charge is 0.388 e. The van der Waals surface area contributed by atoms with E-state index < -0.39 is 5.54 Å². The predicted molar refractivity (Wildman–Crippen MR) is 178 cm³/mol. The molecule has 4 N–H and O–H groups in total. The lowest BCUT2D eigenvalue weighted by Gasteiger charge is -2.39. The van der Waals surface area contributed by atoms with Gasteiger partial charge in [0.1, 0.15) is 11.8 Å². The van der Waals surface area contributed by atoms with E-state index in [9.17, 15) is 19.2 Å². The fourth-order valence-corrected chi connectivity index (χ4v) is 5.87. The molecule has 1 saturated carbocycles. The van der Waals surface area contributed by atoms with E-state index in [1.807, 2.05) is 53.9 Å². The molecule has 0 bridgehead atoms. The third-order valence-corrected chi connectivity index (χ3v) is 8.28. The van der Waals surface area contributed by atoms with Gasteiger partial charge >= 0.3 is 0 Å². The van der Waals surface area contributed by atoms with Crippen LogP contribution in [0.25, 0.3) is 0 Å². The summed E-state index contributed by atoms with van der Waals surface area (Å²) in [4.78, 5) is 48.2. The van der Waals surface area contributed by atoms with Gasteiger partial charge in [-0.05, 0) is 55.0 Å². The van der Waals surface area contributed by atoms with Crippen LogP contribution in [0.15, 0.2) is 18.2 Å². The minimum atomic E-state index is -0.866. The molecule has 3 atom stereocenters. The molecule has 0 heterocycles. The maximum Gasteiger partial charge on any atom is 0.246 e. The highest BCUT2D eigenvalue weighted by Crippen LogP contribution is 2.36. The van der Waals surface area contributed by atoms with Gasteiger partial charge in [0.25, 0.3) is 0 Å². The van der Waals surface area contributed by atoms with E-state index in [0.29, 0.717) is 31.2 Å². The SMILES string of the molecule is CC.CC.CC(=O)NC(C=O)C1CCCCCC1.CNC(=O)C1(N(C=O)CC(NC)C(C)C)Cc2ccc(NC)cc2C1. The fourth-order valence-electron chi connectivity index (χ4n) is 5.87. The zero-order valence-electron chi connectivity index (χ0n) is 28.6. The quantitative estimate of drug-likeness (QED) is 0.215. The van der Waals surface area contributed by atoms with Crippen molar-refractivity contribution in [1.82, 2.24) is 20.9 Å². The number of anilines is 1. The Morgan fingerprint density at radius 3 is 1.98 bits per heavy atom. The van der Waals surface area contributed by atoms with Gasteiger partial charge in [0.15, 0.2) is 0 Å². The van der Waals surface area contributed by atoms with E-state index >= 15 is 0 Å². The Kier molecular flexibility index (Phi) is 20.2. The zero-order valence-corrected chi connectivity index (χ0v) is 28.6. The Balaban J connectivity index is 0.000000830. The molecule has 43 heavy (non-hydrogen) atoms. The summed E-state index contributed by atoms with van der Waals surface area (Å²) in [6.45, 7) is 14.2. The standard InChI is InChI=1S/C19H30N4O2.C11H19NO2.2C2H6/c1-13(2)17(21-4)11-23(12-24)19(18(25)22-5)9-14-6-7-16(20-3)8-15(14)10-19;1-9(14)12-11(8-13)10-6-4-2-3-5-7-10;2*1-2/h6-8,12-13,17,20-21H,9-11H2,1-5H3,(H,22,25);8,10-11H,2-7H2,1H3,(H,12,14);2*1-2H3. The van der Waals surface area contributed by atoms with Gasteiger partial charge < -0.3 is 31.0 Å². The summed E-state index contributed by atoms with van der Waals surface area (Å²) >= 11 is 0. The third-order valence-electron chi connectivity index (χ3n) is 8.28. The molecule has 9 nitrogen and oxygen atoms in total. The van der Waals surface area contributed by atoms with Crippen molar-refractivity contribution < 1.29 is 19.2 Å². The van der Waals surface area contributed by atoms with Gasteiger partial charge in [0.2, 0.25) is 18.2 Å². The Morgan fingerprint density at radius 2 is 1.53 bits per heavy atom. The summed E-state index contributed by atoms with van der Waals surface area (Å²) < 4.78 is 0. The number of rotatable bonds is 11. The molecule has 1 aromatic rings. The van der Waals surface area contributed by atoms with Gasteiger partial charge in [-0.25, -0.2) is 0 Å². The van der Waals surface area contributed by atoms with Gasteiger partial charge in [0, 0.05) is 52.1 Å². The Bertz CT molecular complexity index is 962. The highest BCUT2D eigenvalue weighted by molar-refractivity contribution is 5.90. The van der Waals surface area contributed by atoms with Crippen LogP contribution in [0, 0.1) is 11.8 Å². The summed E-state index contributed by atoms with van der Waals surface area (Å²) in [7, 11) is 5.40. The number of likely N-dealkylation sites (N-methyl/N-ethyl adjacent to an activating group) is 2. The summed E-state index contributed by atoms with van der Waals surface area (Å²) in [5, 5.41) is 11.9. The molecule has 3 unspecified atom stereocenters. The van der Waals surface area contributed by atoms with Crippen LogP contribution in [-0.4, -0.2) is 74.7 Å². The molecule has 0 aliphatic heterocycles. The number of nitrogens with zero attached hydrogens (tertiary/aromatic N) is 1. The number of fused-ring (bicyclic) bond motifs is 1. The van der Waals surface area contributed by atoms with Gasteiger partial charge in [-0.1, -0.05) is 73.3 Å². The fraction of sp³-hybridized carbons (Fsp3) is 0.706. The molecule has 0 saturated heterocycles. The molecule has 9 heteroatoms. The minimum absolute atomic E-state index is 0.105. The van der Waals surface area contributed by atoms with Crippen LogP contribution in [0.1, 0.15) is 98.1 Å². The van der Waals surface area contributed by atoms with Crippen molar-refractivity contribution >= 4 is 30.2 Å². The summed E-state index contributed by atoms with van der Waals surface area (Å²) in [5.41, 5.74) is 2.39. The zero-order chi connectivity index (χ0) is 33.0. The summed E-state index contributed by atoms with van der Waals surface area (Å²) in [6, 6.07) is 6.00. The smallest absolute Gasteiger partial charge is 0.246 e. The molecule has 0 spiro atoms. The number of carbonyl (C=O) groups excluding carboxylic acids is 4. The lowest BCUT2D eigenvalue weighted by molar-refractivity contribution is -0.140. The first kappa shape index (κ1) is 40.1. The van der Waals surface area contributed by atoms with Gasteiger partial charge in [0.05, 0.1) is 6.04 Å². The third kappa shape index (κ3) is 11.9. The molecule has 2 aliphatic rings. The Labute approximate surface area is 261 Å². The second-order valence-electron chi connectivity index (χ2n) is 11.2. The van der Waals surface area contributed by atoms with E-state index in [-0.39, 0.29) is 23.9 Å². The van der Waals surface area contributed by atoms with Crippen molar-refractivity contribution in [3.05, 3.63) is 29.3 Å². The highest BCUT2D eigenvalue weighted by Gasteiger charge is 2.48. The molecular formula is C34H61N5O4. The van der Waals surface area contributed by atoms with Crippen LogP contribution < -0.4 is 21.3 Å². The van der Waals surface area contributed by atoms with Crippen LogP contribution >= 0.6 is 0 Å². The van der Waals surface area contributed by atoms with Gasteiger partial charge in [-0.2, -0.15) is 0 Å². The van der Waals surface area contributed by atoms with Crippen molar-refractivity contribution in [2.24, 2.45) is 11.8 Å². The van der Waals surface area contributed by atoms with Gasteiger partial charge in [-0.3, -0.25) is 14.4 Å². The topological polar surface area (TPSA) is 120 Å². The second kappa shape index (κ2) is 21.7. The maximum atomic E-state index is 12.9. The van der Waals surface area contributed by atoms with Crippen molar-refractivity contribution in [3.63, 3.8) is 0 Å². The first-order chi connectivity index (χ1) is 20.6. The lowest BCUT2D eigenvalue weighted by Crippen LogP contribution is -2.61. The maximum absolute atomic E-state index is 12.9. The van der Waals surface area contributed by atoms with Crippen molar-refractivity contribution in [1.29, 1.82) is 0 Å². The number of benzene rings is 1. The molecule has 3 rings (SSSR count). The van der Waals surface area contributed by atoms with E-state index in [1.165, 1.54) is 32.6 Å². The van der Waals surface area contributed by atoms with Crippen molar-refractivity contribution in [2.45, 2.75) is 117 Å². The molecular weight excluding hydrogens is 542 g/mol.